The molecule has 8 heteroatoms. The van der Waals surface area contributed by atoms with Gasteiger partial charge in [0.15, 0.2) is 0 Å². The van der Waals surface area contributed by atoms with Gasteiger partial charge in [0.05, 0.1) is 17.9 Å². The predicted molar refractivity (Wildman–Crippen MR) is 117 cm³/mol. The summed E-state index contributed by atoms with van der Waals surface area (Å²) in [4.78, 5) is 13.1. The van der Waals surface area contributed by atoms with Crippen LogP contribution in [0.25, 0.3) is 0 Å². The lowest BCUT2D eigenvalue weighted by molar-refractivity contribution is -0.124. The average Bonchev–Trinajstić information content (AvgIpc) is 3.21. The maximum absolute atomic E-state index is 13.2. The van der Waals surface area contributed by atoms with Gasteiger partial charge < -0.3 is 10.1 Å². The number of unbranched alkanes of at least 4 members (excludes halogenated alkanes) is 1. The van der Waals surface area contributed by atoms with Gasteiger partial charge in [-0.15, -0.1) is 0 Å². The van der Waals surface area contributed by atoms with Gasteiger partial charge in [-0.05, 0) is 48.4 Å². The molecule has 1 saturated heterocycles. The van der Waals surface area contributed by atoms with Crippen molar-refractivity contribution in [3.63, 3.8) is 0 Å². The number of rotatable bonds is 8. The molecule has 0 saturated carbocycles. The van der Waals surface area contributed by atoms with E-state index < -0.39 is 15.9 Å². The largest absolute Gasteiger partial charge is 0.497 e. The third-order valence-electron chi connectivity index (χ3n) is 5.45. The number of carbonyl (C=O) groups is 1. The monoisotopic (exact) mass is 450 g/mol. The van der Waals surface area contributed by atoms with Gasteiger partial charge in [-0.2, -0.15) is 4.31 Å². The third kappa shape index (κ3) is 4.96. The molecular formula is C22H27ClN2O4S. The molecule has 0 spiro atoms. The lowest BCUT2D eigenvalue weighted by atomic mass is 9.88. The molecule has 6 nitrogen and oxygen atoms in total. The third-order valence-corrected chi connectivity index (χ3v) is 7.55. The number of nitrogens with zero attached hydrogens (tertiary/aromatic N) is 1. The number of ether oxygens (including phenoxy) is 1. The number of amides is 1. The number of hydrogen-bond donors (Lipinski definition) is 1. The smallest absolute Gasteiger partial charge is 0.243 e. The van der Waals surface area contributed by atoms with Crippen LogP contribution in [0.2, 0.25) is 5.02 Å². The van der Waals surface area contributed by atoms with Crippen LogP contribution in [0.15, 0.2) is 53.4 Å². The van der Waals surface area contributed by atoms with Gasteiger partial charge in [0, 0.05) is 30.6 Å². The summed E-state index contributed by atoms with van der Waals surface area (Å²) in [6, 6.07) is 13.6. The fourth-order valence-electron chi connectivity index (χ4n) is 3.69. The Morgan fingerprint density at radius 1 is 1.13 bits per heavy atom. The highest BCUT2D eigenvalue weighted by molar-refractivity contribution is 7.89. The quantitative estimate of drug-likeness (QED) is 0.622. The van der Waals surface area contributed by atoms with Crippen LogP contribution < -0.4 is 10.1 Å². The highest BCUT2D eigenvalue weighted by atomic mass is 35.5. The first-order valence-electron chi connectivity index (χ1n) is 10.0. The van der Waals surface area contributed by atoms with Crippen LogP contribution in [0, 0.1) is 5.92 Å². The van der Waals surface area contributed by atoms with Crippen LogP contribution in [0.5, 0.6) is 5.75 Å². The Hall–Kier alpha value is -2.09. The van der Waals surface area contributed by atoms with Crippen molar-refractivity contribution < 1.29 is 17.9 Å². The molecule has 1 aliphatic rings. The van der Waals surface area contributed by atoms with E-state index in [0.717, 1.165) is 18.4 Å². The van der Waals surface area contributed by atoms with Crippen molar-refractivity contribution in [1.82, 2.24) is 9.62 Å². The SMILES string of the molecule is CCCCNC(=O)[C@@H]1CN(S(=O)(=O)c2ccc(Cl)cc2)C[C@@H]1c1ccc(OC)cc1. The van der Waals surface area contributed by atoms with Gasteiger partial charge >= 0.3 is 0 Å². The summed E-state index contributed by atoms with van der Waals surface area (Å²) in [5, 5.41) is 3.44. The molecule has 2 atom stereocenters. The summed E-state index contributed by atoms with van der Waals surface area (Å²) in [6.07, 6.45) is 1.86. The molecule has 0 aromatic heterocycles. The van der Waals surface area contributed by atoms with Crippen LogP contribution >= 0.6 is 11.6 Å². The highest BCUT2D eigenvalue weighted by Gasteiger charge is 2.43. The molecule has 0 bridgehead atoms. The number of methoxy groups -OCH3 is 1. The minimum absolute atomic E-state index is 0.113. The topological polar surface area (TPSA) is 75.7 Å². The van der Waals surface area contributed by atoms with E-state index in [0.29, 0.717) is 17.3 Å². The summed E-state index contributed by atoms with van der Waals surface area (Å²) in [7, 11) is -2.14. The van der Waals surface area contributed by atoms with E-state index in [1.165, 1.54) is 16.4 Å². The van der Waals surface area contributed by atoms with E-state index in [9.17, 15) is 13.2 Å². The second-order valence-electron chi connectivity index (χ2n) is 7.41. The second kappa shape index (κ2) is 9.81. The fraction of sp³-hybridized carbons (Fsp3) is 0.409. The summed E-state index contributed by atoms with van der Waals surface area (Å²) in [5.41, 5.74) is 0.917. The molecule has 1 heterocycles. The molecule has 0 unspecified atom stereocenters. The van der Waals surface area contributed by atoms with Gasteiger partial charge in [0.2, 0.25) is 15.9 Å². The lowest BCUT2D eigenvalue weighted by Crippen LogP contribution is -2.36. The van der Waals surface area contributed by atoms with Crippen LogP contribution in [0.4, 0.5) is 0 Å². The Kier molecular flexibility index (Phi) is 7.39. The molecule has 2 aromatic carbocycles. The number of nitrogens with one attached hydrogen (secondary N) is 1. The van der Waals surface area contributed by atoms with Crippen molar-refractivity contribution in [2.45, 2.75) is 30.6 Å². The van der Waals surface area contributed by atoms with Gasteiger partial charge in [0.25, 0.3) is 0 Å². The summed E-state index contributed by atoms with van der Waals surface area (Å²) < 4.78 is 33.0. The molecule has 0 radical (unpaired) electrons. The van der Waals surface area contributed by atoms with E-state index >= 15 is 0 Å². The van der Waals surface area contributed by atoms with Crippen LogP contribution in [-0.2, 0) is 14.8 Å². The normalized spacial score (nSPS) is 19.6. The molecule has 0 aliphatic carbocycles. The van der Waals surface area contributed by atoms with Crippen molar-refractivity contribution in [2.75, 3.05) is 26.7 Å². The first kappa shape index (κ1) is 22.6. The van der Waals surface area contributed by atoms with E-state index in [1.807, 2.05) is 24.3 Å². The predicted octanol–water partition coefficient (Wildman–Crippen LogP) is 3.67. The standard InChI is InChI=1S/C22H27ClN2O4S/c1-3-4-13-24-22(26)21-15-25(30(27,28)19-11-7-17(23)8-12-19)14-20(21)16-5-9-18(29-2)10-6-16/h5-12,20-21H,3-4,13-15H2,1-2H3,(H,24,26)/t20-,21-/m1/s1. The van der Waals surface area contributed by atoms with E-state index in [1.54, 1.807) is 19.2 Å². The zero-order valence-electron chi connectivity index (χ0n) is 17.2. The molecule has 1 fully saturated rings. The van der Waals surface area contributed by atoms with Gasteiger partial charge in [-0.25, -0.2) is 8.42 Å². The second-order valence-corrected chi connectivity index (χ2v) is 9.78. The summed E-state index contributed by atoms with van der Waals surface area (Å²) >= 11 is 5.90. The molecular weight excluding hydrogens is 424 g/mol. The van der Waals surface area contributed by atoms with Gasteiger partial charge in [-0.1, -0.05) is 37.1 Å². The Bertz CT molecular complexity index is 962. The average molecular weight is 451 g/mol. The maximum atomic E-state index is 13.2. The Morgan fingerprint density at radius 2 is 1.80 bits per heavy atom. The molecule has 1 N–H and O–H groups in total. The first-order valence-corrected chi connectivity index (χ1v) is 11.9. The molecule has 162 valence electrons. The first-order chi connectivity index (χ1) is 14.4. The van der Waals surface area contributed by atoms with E-state index in [2.05, 4.69) is 12.2 Å². The Morgan fingerprint density at radius 3 is 2.40 bits per heavy atom. The van der Waals surface area contributed by atoms with Crippen molar-refractivity contribution in [2.24, 2.45) is 5.92 Å². The highest BCUT2D eigenvalue weighted by Crippen LogP contribution is 2.36. The fourth-order valence-corrected chi connectivity index (χ4v) is 5.31. The van der Waals surface area contributed by atoms with Gasteiger partial charge in [0.1, 0.15) is 5.75 Å². The Balaban J connectivity index is 1.88. The molecule has 30 heavy (non-hydrogen) atoms. The van der Waals surface area contributed by atoms with Crippen LogP contribution in [0.3, 0.4) is 0 Å². The number of sulfonamides is 1. The van der Waals surface area contributed by atoms with Crippen molar-refractivity contribution in [1.29, 1.82) is 0 Å². The number of hydrogen-bond acceptors (Lipinski definition) is 4. The van der Waals surface area contributed by atoms with Crippen molar-refractivity contribution in [3.05, 3.63) is 59.1 Å². The number of halogens is 1. The van der Waals surface area contributed by atoms with Crippen LogP contribution in [-0.4, -0.2) is 45.4 Å². The Labute approximate surface area is 183 Å². The zero-order chi connectivity index (χ0) is 21.7. The maximum Gasteiger partial charge on any atom is 0.243 e. The number of benzene rings is 2. The van der Waals surface area contributed by atoms with Crippen LogP contribution in [0.1, 0.15) is 31.2 Å². The van der Waals surface area contributed by atoms with E-state index in [-0.39, 0.29) is 29.8 Å². The summed E-state index contributed by atoms with van der Waals surface area (Å²) in [5.74, 6) is -0.0960. The number of carbonyl (C=O) groups excluding carboxylic acids is 1. The minimum atomic E-state index is -3.73. The van der Waals surface area contributed by atoms with Gasteiger partial charge in [-0.3, -0.25) is 4.79 Å². The van der Waals surface area contributed by atoms with Crippen molar-refractivity contribution >= 4 is 27.5 Å². The molecule has 1 amide bonds. The van der Waals surface area contributed by atoms with E-state index in [4.69, 9.17) is 16.3 Å². The molecule has 2 aromatic rings. The van der Waals surface area contributed by atoms with Crippen molar-refractivity contribution in [3.8, 4) is 5.75 Å². The zero-order valence-corrected chi connectivity index (χ0v) is 18.7. The lowest BCUT2D eigenvalue weighted by Gasteiger charge is -2.18. The molecule has 3 rings (SSSR count). The minimum Gasteiger partial charge on any atom is -0.497 e. The summed E-state index contributed by atoms with van der Waals surface area (Å²) in [6.45, 7) is 3.02. The molecule has 1 aliphatic heterocycles.